The molecule has 0 spiro atoms. The molecule has 0 aliphatic heterocycles. The Labute approximate surface area is 189 Å². The number of nitrogens with zero attached hydrogens (tertiary/aromatic N) is 4. The lowest BCUT2D eigenvalue weighted by molar-refractivity contribution is -0.384. The Morgan fingerprint density at radius 3 is 2.40 bits per heavy atom. The molecule has 0 unspecified atom stereocenters. The predicted octanol–water partition coefficient (Wildman–Crippen LogP) is 4.73. The molecule has 0 atom stereocenters. The van der Waals surface area contributed by atoms with Gasteiger partial charge in [-0.25, -0.2) is 4.98 Å². The number of halogens is 2. The van der Waals surface area contributed by atoms with Crippen LogP contribution in [0.1, 0.15) is 11.1 Å². The van der Waals surface area contributed by atoms with Gasteiger partial charge < -0.3 is 4.90 Å². The van der Waals surface area contributed by atoms with E-state index in [9.17, 15) is 14.9 Å². The van der Waals surface area contributed by atoms with Crippen LogP contribution in [-0.2, 0) is 11.2 Å². The number of hydrogen-bond donors (Lipinski definition) is 0. The number of carbonyl (C=O) groups excluding carboxylic acids is 1. The lowest BCUT2D eigenvalue weighted by atomic mass is 10.1. The van der Waals surface area contributed by atoms with Crippen molar-refractivity contribution in [3.05, 3.63) is 62.7 Å². The molecule has 0 fully saturated rings. The summed E-state index contributed by atoms with van der Waals surface area (Å²) in [5, 5.41) is 12.0. The van der Waals surface area contributed by atoms with E-state index in [1.165, 1.54) is 23.5 Å². The number of likely N-dealkylation sites (N-methyl/N-ethyl adjacent to an activating group) is 1. The molecule has 3 aromatic rings. The summed E-state index contributed by atoms with van der Waals surface area (Å²) in [6, 6.07) is 9.79. The molecule has 30 heavy (non-hydrogen) atoms. The molecule has 3 rings (SSSR count). The normalized spacial score (nSPS) is 10.8. The lowest BCUT2D eigenvalue weighted by Crippen LogP contribution is -2.37. The van der Waals surface area contributed by atoms with Gasteiger partial charge in [0.1, 0.15) is 0 Å². The van der Waals surface area contributed by atoms with Gasteiger partial charge in [0.25, 0.3) is 5.69 Å². The Hall–Kier alpha value is -2.26. The molecule has 0 radical (unpaired) electrons. The van der Waals surface area contributed by atoms with E-state index < -0.39 is 4.92 Å². The van der Waals surface area contributed by atoms with Crippen molar-refractivity contribution in [1.82, 2.24) is 9.88 Å². The third-order valence-electron chi connectivity index (χ3n) is 4.49. The second kappa shape index (κ2) is 10.2. The fraction of sp³-hybridized carbons (Fsp3) is 0.300. The van der Waals surface area contributed by atoms with Gasteiger partial charge in [-0.3, -0.25) is 19.8 Å². The smallest absolute Gasteiger partial charge is 0.269 e. The van der Waals surface area contributed by atoms with Gasteiger partial charge >= 0.3 is 0 Å². The summed E-state index contributed by atoms with van der Waals surface area (Å²) in [5.74, 6) is -0.117. The van der Waals surface area contributed by atoms with Crippen molar-refractivity contribution in [2.45, 2.75) is 13.3 Å². The van der Waals surface area contributed by atoms with Crippen LogP contribution in [0.5, 0.6) is 0 Å². The Bertz CT molecular complexity index is 1020. The first-order valence-corrected chi connectivity index (χ1v) is 10.2. The molecule has 2 aromatic carbocycles. The molecule has 1 heterocycles. The van der Waals surface area contributed by atoms with Crippen LogP contribution in [0, 0.1) is 17.0 Å². The van der Waals surface area contributed by atoms with Crippen molar-refractivity contribution in [2.24, 2.45) is 0 Å². The van der Waals surface area contributed by atoms with Crippen molar-refractivity contribution in [2.75, 3.05) is 32.1 Å². The number of fused-ring (bicyclic) bond motifs is 1. The van der Waals surface area contributed by atoms with Crippen LogP contribution in [0.2, 0.25) is 5.02 Å². The van der Waals surface area contributed by atoms with Gasteiger partial charge in [-0.1, -0.05) is 41.1 Å². The van der Waals surface area contributed by atoms with Crippen LogP contribution in [-0.4, -0.2) is 47.9 Å². The SMILES string of the molecule is Cc1ccc(Cl)c2sc(N(CCN(C)C)C(=O)Cc3ccc([N+](=O)[O-])cc3)nc12.Cl. The van der Waals surface area contributed by atoms with Crippen molar-refractivity contribution < 1.29 is 9.72 Å². The van der Waals surface area contributed by atoms with E-state index in [2.05, 4.69) is 4.98 Å². The number of carbonyl (C=O) groups is 1. The highest BCUT2D eigenvalue weighted by molar-refractivity contribution is 7.23. The number of non-ortho nitro benzene ring substituents is 1. The highest BCUT2D eigenvalue weighted by atomic mass is 35.5. The lowest BCUT2D eigenvalue weighted by Gasteiger charge is -2.22. The Balaban J connectivity index is 0.00000320. The third-order valence-corrected chi connectivity index (χ3v) is 6.03. The minimum Gasteiger partial charge on any atom is -0.308 e. The quantitative estimate of drug-likeness (QED) is 0.369. The maximum atomic E-state index is 13.1. The minimum absolute atomic E-state index is 0. The molecule has 0 saturated carbocycles. The summed E-state index contributed by atoms with van der Waals surface area (Å²) >= 11 is 7.73. The number of nitro benzene ring substituents is 1. The van der Waals surface area contributed by atoms with E-state index in [0.29, 0.717) is 28.8 Å². The Morgan fingerprint density at radius 2 is 1.83 bits per heavy atom. The molecule has 1 amide bonds. The van der Waals surface area contributed by atoms with E-state index in [4.69, 9.17) is 11.6 Å². The van der Waals surface area contributed by atoms with Crippen molar-refractivity contribution in [1.29, 1.82) is 0 Å². The third kappa shape index (κ3) is 5.46. The zero-order chi connectivity index (χ0) is 21.1. The summed E-state index contributed by atoms with van der Waals surface area (Å²) in [6.45, 7) is 3.12. The largest absolute Gasteiger partial charge is 0.308 e. The summed E-state index contributed by atoms with van der Waals surface area (Å²) in [6.07, 6.45) is 0.133. The summed E-state index contributed by atoms with van der Waals surface area (Å²) < 4.78 is 0.861. The van der Waals surface area contributed by atoms with Crippen molar-refractivity contribution >= 4 is 62.3 Å². The van der Waals surface area contributed by atoms with Crippen molar-refractivity contribution in [3.63, 3.8) is 0 Å². The van der Waals surface area contributed by atoms with Crippen LogP contribution < -0.4 is 4.90 Å². The molecule has 0 saturated heterocycles. The van der Waals surface area contributed by atoms with E-state index in [-0.39, 0.29) is 30.4 Å². The highest BCUT2D eigenvalue weighted by Crippen LogP contribution is 2.35. The van der Waals surface area contributed by atoms with E-state index in [1.54, 1.807) is 17.0 Å². The van der Waals surface area contributed by atoms with Crippen LogP contribution in [0.3, 0.4) is 0 Å². The second-order valence-electron chi connectivity index (χ2n) is 6.99. The Kier molecular flexibility index (Phi) is 8.14. The van der Waals surface area contributed by atoms with Crippen LogP contribution in [0.15, 0.2) is 36.4 Å². The van der Waals surface area contributed by atoms with Gasteiger partial charge in [0.2, 0.25) is 5.91 Å². The highest BCUT2D eigenvalue weighted by Gasteiger charge is 2.22. The van der Waals surface area contributed by atoms with Crippen molar-refractivity contribution in [3.8, 4) is 0 Å². The minimum atomic E-state index is -0.456. The van der Waals surface area contributed by atoms with Crippen LogP contribution in [0.25, 0.3) is 10.2 Å². The van der Waals surface area contributed by atoms with Gasteiger partial charge in [0, 0.05) is 25.2 Å². The predicted molar refractivity (Wildman–Crippen MR) is 124 cm³/mol. The number of thiazole rings is 1. The molecule has 0 bridgehead atoms. The number of hydrogen-bond acceptors (Lipinski definition) is 6. The van der Waals surface area contributed by atoms with E-state index >= 15 is 0 Å². The maximum absolute atomic E-state index is 13.1. The first-order chi connectivity index (χ1) is 13.8. The van der Waals surface area contributed by atoms with E-state index in [0.717, 1.165) is 15.8 Å². The molecular weight excluding hydrogens is 447 g/mol. The standard InChI is InChI=1S/C20H21ClN4O3S.ClH/c1-13-4-9-16(21)19-18(13)22-20(29-19)24(11-10-23(2)3)17(26)12-14-5-7-15(8-6-14)25(27)28;/h4-9H,10-12H2,1-3H3;1H. The van der Waals surface area contributed by atoms with Crippen LogP contribution in [0.4, 0.5) is 10.8 Å². The Morgan fingerprint density at radius 1 is 1.17 bits per heavy atom. The molecule has 7 nitrogen and oxygen atoms in total. The number of rotatable bonds is 7. The average Bonchev–Trinajstić information content (AvgIpc) is 3.11. The summed E-state index contributed by atoms with van der Waals surface area (Å²) in [5.41, 5.74) is 2.52. The molecule has 160 valence electrons. The summed E-state index contributed by atoms with van der Waals surface area (Å²) in [4.78, 5) is 31.8. The zero-order valence-corrected chi connectivity index (χ0v) is 19.2. The topological polar surface area (TPSA) is 79.6 Å². The van der Waals surface area contributed by atoms with Gasteiger partial charge in [-0.05, 0) is 38.2 Å². The van der Waals surface area contributed by atoms with Gasteiger partial charge in [-0.2, -0.15) is 0 Å². The summed E-state index contributed by atoms with van der Waals surface area (Å²) in [7, 11) is 3.89. The molecular formula is C20H22Cl2N4O3S. The fourth-order valence-corrected chi connectivity index (χ4v) is 4.20. The van der Waals surface area contributed by atoms with Gasteiger partial charge in [-0.15, -0.1) is 12.4 Å². The zero-order valence-electron chi connectivity index (χ0n) is 16.8. The molecule has 0 aliphatic rings. The average molecular weight is 469 g/mol. The molecule has 10 heteroatoms. The molecule has 1 aromatic heterocycles. The monoisotopic (exact) mass is 468 g/mol. The second-order valence-corrected chi connectivity index (χ2v) is 8.37. The van der Waals surface area contributed by atoms with Gasteiger partial charge in [0.15, 0.2) is 5.13 Å². The molecule has 0 aliphatic carbocycles. The van der Waals surface area contributed by atoms with E-state index in [1.807, 2.05) is 38.1 Å². The maximum Gasteiger partial charge on any atom is 0.269 e. The van der Waals surface area contributed by atoms with Gasteiger partial charge in [0.05, 0.1) is 26.6 Å². The number of anilines is 1. The van der Waals surface area contributed by atoms with Crippen LogP contribution >= 0.6 is 35.3 Å². The number of nitro groups is 1. The molecule has 0 N–H and O–H groups in total. The fourth-order valence-electron chi connectivity index (χ4n) is 2.84. The number of amides is 1. The number of aryl methyl sites for hydroxylation is 1. The first-order valence-electron chi connectivity index (χ1n) is 9.00. The number of benzene rings is 2. The number of aromatic nitrogens is 1. The first kappa shape index (κ1) is 24.0.